The van der Waals surface area contributed by atoms with Crippen LogP contribution in [0, 0.1) is 53.4 Å². The minimum Gasteiger partial charge on any atom is -0.418 e. The van der Waals surface area contributed by atoms with Crippen LogP contribution in [0.5, 0.6) is 5.75 Å². The van der Waals surface area contributed by atoms with E-state index >= 15 is 0 Å². The van der Waals surface area contributed by atoms with Crippen LogP contribution in [-0.2, 0) is 30.3 Å². The normalized spacial score (nSPS) is 14.1. The second kappa shape index (κ2) is 20.8. The monoisotopic (exact) mass is 890 g/mol. The molecule has 1 heterocycles. The van der Waals surface area contributed by atoms with E-state index in [2.05, 4.69) is 159 Å². The van der Waals surface area contributed by atoms with Gasteiger partial charge in [-0.25, -0.2) is 0 Å². The minimum absolute atomic E-state index is 0. The van der Waals surface area contributed by atoms with E-state index in [4.69, 9.17) is 12.9 Å². The van der Waals surface area contributed by atoms with E-state index in [0.29, 0.717) is 11.3 Å². The molecule has 1 aliphatic rings. The van der Waals surface area contributed by atoms with Crippen molar-refractivity contribution in [1.82, 2.24) is 0 Å². The molecule has 11 heteroatoms. The second-order valence-corrected chi connectivity index (χ2v) is 21.1. The van der Waals surface area contributed by atoms with E-state index in [1.54, 1.807) is 0 Å². The van der Waals surface area contributed by atoms with Gasteiger partial charge in [-0.1, -0.05) is 107 Å². The Kier molecular flexibility index (Phi) is 18.6. The van der Waals surface area contributed by atoms with E-state index in [-0.39, 0.29) is 30.3 Å². The molecular weight excluding hydrogens is 828 g/mol. The summed E-state index contributed by atoms with van der Waals surface area (Å²) in [7, 11) is -8.22. The maximum absolute atomic E-state index is 9.75. The molecule has 3 nitrogen and oxygen atoms in total. The minimum atomic E-state index is -6.00. The van der Waals surface area contributed by atoms with Crippen molar-refractivity contribution in [2.45, 2.75) is 145 Å². The molecule has 4 aromatic rings. The van der Waals surface area contributed by atoms with Gasteiger partial charge in [-0.2, -0.15) is 0 Å². The Morgan fingerprint density at radius 3 is 1.33 bits per heavy atom. The number of halogens is 4. The zero-order chi connectivity index (χ0) is 40.8. The molecule has 3 aromatic carbocycles. The number of fused-ring (bicyclic) bond motifs is 3. The van der Waals surface area contributed by atoms with E-state index in [1.807, 2.05) is 0 Å². The maximum Gasteiger partial charge on any atom is 0.673 e. The number of hydrogen-bond acceptors (Lipinski definition) is 3. The summed E-state index contributed by atoms with van der Waals surface area (Å²) in [4.78, 5) is 0. The number of hydrogen-bond donors (Lipinski definition) is 0. The van der Waals surface area contributed by atoms with Crippen molar-refractivity contribution in [3.8, 4) is 5.75 Å². The molecule has 0 N–H and O–H groups in total. The first kappa shape index (κ1) is 49.3. The van der Waals surface area contributed by atoms with Gasteiger partial charge < -0.3 is 30.2 Å². The van der Waals surface area contributed by atoms with Gasteiger partial charge in [0.2, 0.25) is 0 Å². The van der Waals surface area contributed by atoms with Crippen molar-refractivity contribution >= 4 is 50.7 Å². The summed E-state index contributed by atoms with van der Waals surface area (Å²) in [6.07, 6.45) is 14.0. The zero-order valence-electron chi connectivity index (χ0n) is 35.3. The van der Waals surface area contributed by atoms with Gasteiger partial charge in [0.25, 0.3) is 0 Å². The molecule has 1 aromatic heterocycles. The first-order valence-electron chi connectivity index (χ1n) is 19.1. The Morgan fingerprint density at radius 1 is 0.655 bits per heavy atom. The summed E-state index contributed by atoms with van der Waals surface area (Å²) in [5.41, 5.74) is 9.96. The summed E-state index contributed by atoms with van der Waals surface area (Å²) in [6, 6.07) is 13.1. The second-order valence-electron chi connectivity index (χ2n) is 16.8. The first-order chi connectivity index (χ1) is 24.9. The van der Waals surface area contributed by atoms with Gasteiger partial charge in [0.15, 0.2) is 0 Å². The van der Waals surface area contributed by atoms with Crippen molar-refractivity contribution in [3.63, 3.8) is 0 Å². The average Bonchev–Trinajstić information content (AvgIpc) is 3.17. The van der Waals surface area contributed by atoms with Crippen LogP contribution in [-0.4, -0.2) is 18.6 Å². The summed E-state index contributed by atoms with van der Waals surface area (Å²) in [6.45, 7) is 31.7. The largest absolute Gasteiger partial charge is 0.673 e. The summed E-state index contributed by atoms with van der Waals surface area (Å²) in [5.74, 6) is 0.874. The molecule has 307 valence electrons. The van der Waals surface area contributed by atoms with Crippen LogP contribution in [0.1, 0.15) is 128 Å². The van der Waals surface area contributed by atoms with Gasteiger partial charge in [0, 0.05) is 46.7 Å². The van der Waals surface area contributed by atoms with Gasteiger partial charge in [-0.3, -0.25) is 0 Å². The standard InChI is InChI=1S/C36H50O3P2.C8H12.BF4.Rh/c1-21(2)40(22(3)4)30-18-16-15-17-29(30)37-41-38-33-27(35(9,10)11)19-23(5)25(7)31(33)32-26(8)24(6)20-28(34(32)39-41)36(12,13)14;1-2-4-6-8-7-5-3-1;2-1(3,4)5;/h15-22H,1-14H3;1-2,7-8H,3-6H2;;/q;;-1;. The van der Waals surface area contributed by atoms with E-state index < -0.39 is 23.4 Å². The van der Waals surface area contributed by atoms with E-state index in [0.717, 1.165) is 27.7 Å². The molecule has 0 atom stereocenters. The van der Waals surface area contributed by atoms with Crippen molar-refractivity contribution in [2.24, 2.45) is 0 Å². The third kappa shape index (κ3) is 13.9. The van der Waals surface area contributed by atoms with Crippen molar-refractivity contribution in [1.29, 1.82) is 0 Å². The zero-order valence-corrected chi connectivity index (χ0v) is 38.7. The predicted molar refractivity (Wildman–Crippen MR) is 228 cm³/mol. The third-order valence-electron chi connectivity index (χ3n) is 9.56. The average molecular weight is 891 g/mol. The number of benzene rings is 3. The van der Waals surface area contributed by atoms with E-state index in [1.165, 1.54) is 64.4 Å². The van der Waals surface area contributed by atoms with Gasteiger partial charge in [0.1, 0.15) is 16.9 Å². The Balaban J connectivity index is 0.000000633. The summed E-state index contributed by atoms with van der Waals surface area (Å²) in [5, 5.41) is 3.56. The van der Waals surface area contributed by atoms with Crippen LogP contribution in [0.4, 0.5) is 17.3 Å². The Bertz CT molecular complexity index is 1770. The first-order valence-corrected chi connectivity index (χ1v) is 21.7. The van der Waals surface area contributed by atoms with Gasteiger partial charge in [-0.05, 0) is 130 Å². The third-order valence-corrected chi connectivity index (χ3v) is 13.7. The fourth-order valence-electron chi connectivity index (χ4n) is 6.73. The molecule has 0 bridgehead atoms. The van der Waals surface area contributed by atoms with E-state index in [9.17, 15) is 17.3 Å². The van der Waals surface area contributed by atoms with Crippen LogP contribution >= 0.6 is 16.2 Å². The van der Waals surface area contributed by atoms with Gasteiger partial charge in [0.05, 0.1) is 0 Å². The maximum atomic E-state index is 9.75. The molecule has 0 aliphatic heterocycles. The van der Waals surface area contributed by atoms with Crippen LogP contribution in [0.3, 0.4) is 0 Å². The van der Waals surface area contributed by atoms with Crippen LogP contribution in [0.2, 0.25) is 0 Å². The number of aryl methyl sites for hydroxylation is 4. The molecule has 0 unspecified atom stereocenters. The molecule has 5 radical (unpaired) electrons. The summed E-state index contributed by atoms with van der Waals surface area (Å²) < 4.78 is 59.8. The topological polar surface area (TPSA) is 35.5 Å². The molecule has 0 saturated heterocycles. The van der Waals surface area contributed by atoms with Crippen molar-refractivity contribution in [3.05, 3.63) is 95.5 Å². The predicted octanol–water partition coefficient (Wildman–Crippen LogP) is 15.6. The summed E-state index contributed by atoms with van der Waals surface area (Å²) >= 11 is 0. The molecular formula is C44H62BF4O3P2Rh-. The molecule has 1 aliphatic carbocycles. The van der Waals surface area contributed by atoms with Crippen LogP contribution < -0.4 is 9.83 Å². The van der Waals surface area contributed by atoms with Crippen molar-refractivity contribution in [2.75, 3.05) is 0 Å². The van der Waals surface area contributed by atoms with Crippen LogP contribution in [0.25, 0.3) is 21.9 Å². The molecule has 0 spiro atoms. The Morgan fingerprint density at radius 2 is 1.00 bits per heavy atom. The van der Waals surface area contributed by atoms with Gasteiger partial charge >= 0.3 is 15.5 Å². The number of rotatable bonds is 5. The molecule has 1 saturated carbocycles. The Hall–Kier alpha value is -1.80. The van der Waals surface area contributed by atoms with Gasteiger partial charge in [-0.15, -0.1) is 0 Å². The fourth-order valence-corrected chi connectivity index (χ4v) is 10.9. The van der Waals surface area contributed by atoms with Crippen LogP contribution in [0.15, 0.2) is 44.8 Å². The SMILES string of the molecule is Cc1cc(C(C)(C)C)c2op(Oc3ccccc3P(C(C)C)C(C)C)oc3c(C(C)(C)C)cc(C)c(C)c3c2c1C.F[B-](F)(F)F.[CH]1[CH]CC[CH][CH]CC1.[Rh]. The molecule has 0 amide bonds. The fraction of sp³-hybridized carbons (Fsp3) is 0.500. The molecule has 1 fully saturated rings. The molecule has 55 heavy (non-hydrogen) atoms. The van der Waals surface area contributed by atoms with Crippen molar-refractivity contribution < 1.29 is 49.7 Å². The molecule has 5 rings (SSSR count). The smallest absolute Gasteiger partial charge is 0.418 e. The number of para-hydroxylation sites is 1. The quantitative estimate of drug-likeness (QED) is 0.114. The Labute approximate surface area is 344 Å².